The summed E-state index contributed by atoms with van der Waals surface area (Å²) in [5.41, 5.74) is 0. The lowest BCUT2D eigenvalue weighted by Gasteiger charge is -2.34. The molecule has 1 fully saturated rings. The number of aliphatic hydroxyl groups excluding tert-OH is 1. The van der Waals surface area contributed by atoms with Crippen LogP contribution in [0.2, 0.25) is 0 Å². The number of aliphatic hydroxyl groups is 1. The molecule has 2 atom stereocenters. The van der Waals surface area contributed by atoms with Gasteiger partial charge in [-0.05, 0) is 44.4 Å². The minimum atomic E-state index is 0.322. The molecule has 1 aliphatic rings. The van der Waals surface area contributed by atoms with Crippen molar-refractivity contribution in [3.8, 4) is 0 Å². The molecule has 0 saturated carbocycles. The van der Waals surface area contributed by atoms with Crippen molar-refractivity contribution in [3.63, 3.8) is 0 Å². The van der Waals surface area contributed by atoms with Crippen molar-refractivity contribution in [2.24, 2.45) is 5.92 Å². The third kappa shape index (κ3) is 4.42. The molecule has 0 aromatic heterocycles. The monoisotopic (exact) mass is 228 g/mol. The van der Waals surface area contributed by atoms with Gasteiger partial charge in [-0.1, -0.05) is 26.7 Å². The van der Waals surface area contributed by atoms with E-state index in [9.17, 15) is 0 Å². The first-order valence-corrected chi connectivity index (χ1v) is 7.08. The molecule has 2 heteroatoms. The van der Waals surface area contributed by atoms with E-state index >= 15 is 0 Å². The molecule has 1 aliphatic heterocycles. The van der Waals surface area contributed by atoms with Gasteiger partial charge >= 0.3 is 0 Å². The molecule has 1 rings (SSSR count). The van der Waals surface area contributed by atoms with Gasteiger partial charge in [0.25, 0.3) is 0 Å². The molecule has 0 unspecified atom stereocenters. The van der Waals surface area contributed by atoms with Crippen LogP contribution in [0.25, 0.3) is 0 Å². The zero-order chi connectivity index (χ0) is 11.8. The van der Waals surface area contributed by atoms with Crippen LogP contribution in [0.4, 0.5) is 0 Å². The van der Waals surface area contributed by atoms with Crippen LogP contribution in [0.15, 0.2) is 0 Å². The highest BCUT2D eigenvalue weighted by molar-refractivity contribution is 4.76. The topological polar surface area (TPSA) is 29.5 Å². The SMILES string of the molecule is CCC(CC)[C@@H]1CCC[C@H](CCCCO)O1. The highest BCUT2D eigenvalue weighted by Gasteiger charge is 2.26. The predicted molar refractivity (Wildman–Crippen MR) is 67.5 cm³/mol. The van der Waals surface area contributed by atoms with Crippen LogP contribution in [0.3, 0.4) is 0 Å². The molecular weight excluding hydrogens is 200 g/mol. The molecule has 0 spiro atoms. The Morgan fingerprint density at radius 1 is 1.19 bits per heavy atom. The normalized spacial score (nSPS) is 26.2. The maximum Gasteiger partial charge on any atom is 0.0606 e. The summed E-state index contributed by atoms with van der Waals surface area (Å²) in [6.45, 7) is 4.86. The predicted octanol–water partition coefficient (Wildman–Crippen LogP) is 3.52. The third-order valence-corrected chi connectivity index (χ3v) is 3.89. The Labute approximate surface area is 100 Å². The van der Waals surface area contributed by atoms with Crippen LogP contribution in [0.5, 0.6) is 0 Å². The second-order valence-corrected chi connectivity index (χ2v) is 5.02. The Bertz CT molecular complexity index is 166. The highest BCUT2D eigenvalue weighted by atomic mass is 16.5. The second-order valence-electron chi connectivity index (χ2n) is 5.02. The Hall–Kier alpha value is -0.0800. The summed E-state index contributed by atoms with van der Waals surface area (Å²) in [4.78, 5) is 0. The van der Waals surface area contributed by atoms with Crippen molar-refractivity contribution in [2.75, 3.05) is 6.61 Å². The van der Waals surface area contributed by atoms with Gasteiger partial charge in [0.05, 0.1) is 12.2 Å². The minimum absolute atomic E-state index is 0.322. The van der Waals surface area contributed by atoms with Crippen LogP contribution < -0.4 is 0 Å². The molecule has 0 aromatic carbocycles. The summed E-state index contributed by atoms with van der Waals surface area (Å²) < 4.78 is 6.20. The smallest absolute Gasteiger partial charge is 0.0606 e. The summed E-state index contributed by atoms with van der Waals surface area (Å²) in [6, 6.07) is 0. The first-order chi connectivity index (χ1) is 7.81. The van der Waals surface area contributed by atoms with Gasteiger partial charge in [0.2, 0.25) is 0 Å². The Morgan fingerprint density at radius 2 is 1.94 bits per heavy atom. The quantitative estimate of drug-likeness (QED) is 0.676. The summed E-state index contributed by atoms with van der Waals surface area (Å²) in [7, 11) is 0. The minimum Gasteiger partial charge on any atom is -0.396 e. The van der Waals surface area contributed by atoms with Crippen molar-refractivity contribution < 1.29 is 9.84 Å². The molecule has 0 amide bonds. The fraction of sp³-hybridized carbons (Fsp3) is 1.00. The Balaban J connectivity index is 2.28. The summed E-state index contributed by atoms with van der Waals surface area (Å²) >= 11 is 0. The lowest BCUT2D eigenvalue weighted by atomic mass is 9.89. The number of ether oxygens (including phenoxy) is 1. The lowest BCUT2D eigenvalue weighted by molar-refractivity contribution is -0.0823. The van der Waals surface area contributed by atoms with Gasteiger partial charge in [-0.15, -0.1) is 0 Å². The lowest BCUT2D eigenvalue weighted by Crippen LogP contribution is -2.33. The number of unbranched alkanes of at least 4 members (excludes halogenated alkanes) is 1. The molecule has 1 N–H and O–H groups in total. The summed E-state index contributed by atoms with van der Waals surface area (Å²) in [5.74, 6) is 0.751. The number of rotatable bonds is 7. The molecule has 0 bridgehead atoms. The standard InChI is InChI=1S/C14H28O2/c1-3-12(4-2)14-10-7-9-13(16-14)8-5-6-11-15/h12-15H,3-11H2,1-2H3/t13-,14-/m0/s1. The Morgan fingerprint density at radius 3 is 2.56 bits per heavy atom. The van der Waals surface area contributed by atoms with E-state index in [1.807, 2.05) is 0 Å². The van der Waals surface area contributed by atoms with E-state index in [1.165, 1.54) is 32.1 Å². The molecule has 16 heavy (non-hydrogen) atoms. The molecule has 96 valence electrons. The van der Waals surface area contributed by atoms with Crippen molar-refractivity contribution in [2.45, 2.75) is 77.4 Å². The first-order valence-electron chi connectivity index (χ1n) is 7.08. The average molecular weight is 228 g/mol. The molecule has 0 aromatic rings. The molecular formula is C14H28O2. The number of hydrogen-bond acceptors (Lipinski definition) is 2. The third-order valence-electron chi connectivity index (χ3n) is 3.89. The van der Waals surface area contributed by atoms with Gasteiger partial charge in [-0.3, -0.25) is 0 Å². The second kappa shape index (κ2) is 8.08. The average Bonchev–Trinajstić information content (AvgIpc) is 2.32. The van der Waals surface area contributed by atoms with E-state index < -0.39 is 0 Å². The maximum absolute atomic E-state index is 8.77. The largest absolute Gasteiger partial charge is 0.396 e. The molecule has 0 aliphatic carbocycles. The van der Waals surface area contributed by atoms with Crippen molar-refractivity contribution in [1.82, 2.24) is 0 Å². The zero-order valence-electron chi connectivity index (χ0n) is 11.0. The number of hydrogen-bond donors (Lipinski definition) is 1. The fourth-order valence-corrected chi connectivity index (χ4v) is 2.79. The van der Waals surface area contributed by atoms with Gasteiger partial charge in [-0.2, -0.15) is 0 Å². The van der Waals surface area contributed by atoms with Gasteiger partial charge in [0, 0.05) is 6.61 Å². The van der Waals surface area contributed by atoms with E-state index in [-0.39, 0.29) is 0 Å². The molecule has 1 heterocycles. The van der Waals surface area contributed by atoms with Crippen molar-refractivity contribution >= 4 is 0 Å². The van der Waals surface area contributed by atoms with Gasteiger partial charge in [0.15, 0.2) is 0 Å². The molecule has 2 nitrogen and oxygen atoms in total. The van der Waals surface area contributed by atoms with Crippen molar-refractivity contribution in [1.29, 1.82) is 0 Å². The highest BCUT2D eigenvalue weighted by Crippen LogP contribution is 2.29. The fourth-order valence-electron chi connectivity index (χ4n) is 2.79. The maximum atomic E-state index is 8.77. The summed E-state index contributed by atoms with van der Waals surface area (Å²) in [5, 5.41) is 8.77. The van der Waals surface area contributed by atoms with Gasteiger partial charge in [0.1, 0.15) is 0 Å². The molecule has 1 saturated heterocycles. The molecule has 0 radical (unpaired) electrons. The van der Waals surface area contributed by atoms with E-state index in [0.29, 0.717) is 18.8 Å². The van der Waals surface area contributed by atoms with Crippen LogP contribution in [-0.2, 0) is 4.74 Å². The van der Waals surface area contributed by atoms with E-state index in [2.05, 4.69) is 13.8 Å². The zero-order valence-corrected chi connectivity index (χ0v) is 11.0. The van der Waals surface area contributed by atoms with E-state index in [4.69, 9.17) is 9.84 Å². The van der Waals surface area contributed by atoms with Crippen LogP contribution in [0, 0.1) is 5.92 Å². The van der Waals surface area contributed by atoms with E-state index in [1.54, 1.807) is 0 Å². The van der Waals surface area contributed by atoms with Crippen LogP contribution in [-0.4, -0.2) is 23.9 Å². The van der Waals surface area contributed by atoms with Gasteiger partial charge in [-0.25, -0.2) is 0 Å². The first kappa shape index (κ1) is 14.0. The van der Waals surface area contributed by atoms with E-state index in [0.717, 1.165) is 25.2 Å². The van der Waals surface area contributed by atoms with Crippen LogP contribution in [0.1, 0.15) is 65.2 Å². The van der Waals surface area contributed by atoms with Gasteiger partial charge < -0.3 is 9.84 Å². The Kier molecular flexibility index (Phi) is 7.06. The summed E-state index contributed by atoms with van der Waals surface area (Å²) in [6.07, 6.45) is 10.4. The van der Waals surface area contributed by atoms with Crippen LogP contribution >= 0.6 is 0 Å². The van der Waals surface area contributed by atoms with Crippen molar-refractivity contribution in [3.05, 3.63) is 0 Å².